The summed E-state index contributed by atoms with van der Waals surface area (Å²) in [7, 11) is 0. The van der Waals surface area contributed by atoms with Gasteiger partial charge in [0.05, 0.1) is 22.1 Å². The van der Waals surface area contributed by atoms with Crippen molar-refractivity contribution in [3.63, 3.8) is 0 Å². The lowest BCUT2D eigenvalue weighted by molar-refractivity contribution is 0.644. The van der Waals surface area contributed by atoms with Gasteiger partial charge < -0.3 is 21.3 Å². The first kappa shape index (κ1) is 19.6. The zero-order valence-electron chi connectivity index (χ0n) is 16.0. The van der Waals surface area contributed by atoms with Crippen molar-refractivity contribution in [2.45, 2.75) is 16.8 Å². The minimum atomic E-state index is 0.305. The van der Waals surface area contributed by atoms with Gasteiger partial charge in [0.1, 0.15) is 17.0 Å². The average molecular weight is 427 g/mol. The molecule has 3 heterocycles. The maximum atomic E-state index is 6.24. The fourth-order valence-electron chi connectivity index (χ4n) is 3.21. The van der Waals surface area contributed by atoms with E-state index in [1.807, 2.05) is 31.2 Å². The third kappa shape index (κ3) is 4.18. The lowest BCUT2D eigenvalue weighted by Crippen LogP contribution is -2.47. The van der Waals surface area contributed by atoms with Crippen molar-refractivity contribution in [2.75, 3.05) is 47.4 Å². The molecule has 4 N–H and O–H groups in total. The lowest BCUT2D eigenvalue weighted by Gasteiger charge is -2.37. The number of para-hydroxylation sites is 2. The molecule has 3 aromatic rings. The van der Waals surface area contributed by atoms with Gasteiger partial charge in [-0.25, -0.2) is 15.0 Å². The molecule has 7 nitrogen and oxygen atoms in total. The third-order valence-corrected chi connectivity index (χ3v) is 6.43. The predicted molar refractivity (Wildman–Crippen MR) is 119 cm³/mol. The Morgan fingerprint density at radius 2 is 1.79 bits per heavy atom. The normalized spacial score (nSPS) is 14.3. The molecular weight excluding hydrogens is 406 g/mol. The predicted octanol–water partition coefficient (Wildman–Crippen LogP) is 3.28. The average Bonchev–Trinajstić information content (AvgIpc) is 2.73. The van der Waals surface area contributed by atoms with Gasteiger partial charge in [0.25, 0.3) is 0 Å². The van der Waals surface area contributed by atoms with Crippen molar-refractivity contribution in [3.05, 3.63) is 53.4 Å². The number of aryl methyl sites for hydroxylation is 1. The van der Waals surface area contributed by atoms with Crippen LogP contribution in [0.1, 0.15) is 5.69 Å². The van der Waals surface area contributed by atoms with Crippen LogP contribution in [0.15, 0.2) is 46.5 Å². The molecule has 149 valence electrons. The molecular formula is C20H21ClN7S. The van der Waals surface area contributed by atoms with E-state index in [2.05, 4.69) is 32.0 Å². The molecule has 0 spiro atoms. The van der Waals surface area contributed by atoms with Crippen molar-refractivity contribution in [1.29, 1.82) is 0 Å². The Balaban J connectivity index is 1.45. The molecule has 1 aliphatic heterocycles. The van der Waals surface area contributed by atoms with Crippen LogP contribution >= 0.6 is 23.4 Å². The Morgan fingerprint density at radius 3 is 2.52 bits per heavy atom. The fourth-order valence-corrected chi connectivity index (χ4v) is 4.25. The first-order valence-electron chi connectivity index (χ1n) is 9.21. The van der Waals surface area contributed by atoms with E-state index in [1.165, 1.54) is 11.8 Å². The van der Waals surface area contributed by atoms with Crippen molar-refractivity contribution in [3.8, 4) is 0 Å². The number of nitrogens with two attached hydrogens (primary N) is 2. The van der Waals surface area contributed by atoms with E-state index >= 15 is 0 Å². The smallest absolute Gasteiger partial charge is 0.157 e. The minimum Gasteiger partial charge on any atom is -0.397 e. The van der Waals surface area contributed by atoms with Crippen molar-refractivity contribution in [2.24, 2.45) is 0 Å². The van der Waals surface area contributed by atoms with E-state index in [1.54, 1.807) is 6.20 Å². The number of hydrogen-bond acceptors (Lipinski definition) is 8. The standard InChI is InChI=1S/C20H21ClN7S/c1-13-20(29-16-6-7-24-19(23)18(16)21)25-12-17(26-13)28-10-8-27(9-11-28)15-5-3-2-4-14(15)22/h2-7H,8-11,22H2,1H3,(H2,23,24). The van der Waals surface area contributed by atoms with Crippen molar-refractivity contribution >= 4 is 46.4 Å². The van der Waals surface area contributed by atoms with Crippen LogP contribution in [0.4, 0.5) is 23.0 Å². The number of piperazine rings is 1. The summed E-state index contributed by atoms with van der Waals surface area (Å²) in [6.45, 7) is 5.33. The molecule has 2 aromatic heterocycles. The van der Waals surface area contributed by atoms with Crippen molar-refractivity contribution in [1.82, 2.24) is 15.0 Å². The number of nitrogen functional groups attached to an aromatic ring is 2. The first-order valence-corrected chi connectivity index (χ1v) is 10.4. The zero-order chi connectivity index (χ0) is 20.4. The second-order valence-electron chi connectivity index (χ2n) is 6.69. The molecule has 0 amide bonds. The summed E-state index contributed by atoms with van der Waals surface area (Å²) in [4.78, 5) is 18.5. The molecule has 1 saturated heterocycles. The van der Waals surface area contributed by atoms with Gasteiger partial charge in [0.15, 0.2) is 5.82 Å². The summed E-state index contributed by atoms with van der Waals surface area (Å²) >= 11 is 7.65. The summed E-state index contributed by atoms with van der Waals surface area (Å²) in [6, 6.07) is 9.77. The van der Waals surface area contributed by atoms with Crippen LogP contribution in [0.25, 0.3) is 0 Å². The number of nitrogens with zero attached hydrogens (tertiary/aromatic N) is 5. The summed E-state index contributed by atoms with van der Waals surface area (Å²) in [5, 5.41) is 1.18. The number of halogens is 1. The Bertz CT molecular complexity index is 1020. The van der Waals surface area contributed by atoms with Gasteiger partial charge in [0, 0.05) is 37.3 Å². The van der Waals surface area contributed by atoms with Crippen LogP contribution in [0.3, 0.4) is 0 Å². The van der Waals surface area contributed by atoms with Gasteiger partial charge in [-0.15, -0.1) is 0 Å². The summed E-state index contributed by atoms with van der Waals surface area (Å²) in [5.74, 6) is 1.06. The van der Waals surface area contributed by atoms with Crippen LogP contribution in [-0.2, 0) is 0 Å². The second kappa shape index (κ2) is 8.34. The maximum Gasteiger partial charge on any atom is 0.157 e. The fraction of sp³-hybridized carbons (Fsp3) is 0.250. The van der Waals surface area contributed by atoms with Gasteiger partial charge in [-0.05, 0) is 25.1 Å². The van der Waals surface area contributed by atoms with E-state index in [0.29, 0.717) is 10.8 Å². The van der Waals surface area contributed by atoms with E-state index in [-0.39, 0.29) is 0 Å². The largest absolute Gasteiger partial charge is 0.397 e. The Kier molecular flexibility index (Phi) is 5.64. The van der Waals surface area contributed by atoms with Crippen LogP contribution in [-0.4, -0.2) is 41.1 Å². The van der Waals surface area contributed by atoms with E-state index in [4.69, 9.17) is 28.1 Å². The zero-order valence-corrected chi connectivity index (χ0v) is 17.5. The summed E-state index contributed by atoms with van der Waals surface area (Å²) in [6.07, 6.45) is 4.71. The highest BCUT2D eigenvalue weighted by Crippen LogP contribution is 2.35. The van der Waals surface area contributed by atoms with Gasteiger partial charge in [-0.2, -0.15) is 0 Å². The molecule has 1 aromatic carbocycles. The molecule has 0 unspecified atom stereocenters. The summed E-state index contributed by atoms with van der Waals surface area (Å²) in [5.41, 5.74) is 14.6. The number of benzene rings is 1. The van der Waals surface area contributed by atoms with E-state index in [9.17, 15) is 0 Å². The first-order chi connectivity index (χ1) is 14.0. The highest BCUT2D eigenvalue weighted by molar-refractivity contribution is 7.99. The Labute approximate surface area is 179 Å². The number of pyridine rings is 1. The molecule has 0 aliphatic carbocycles. The van der Waals surface area contributed by atoms with Gasteiger partial charge in [-0.1, -0.05) is 35.5 Å². The molecule has 1 fully saturated rings. The molecule has 1 aliphatic rings. The summed E-state index contributed by atoms with van der Waals surface area (Å²) < 4.78 is 0. The number of rotatable bonds is 4. The molecule has 1 radical (unpaired) electrons. The molecule has 0 bridgehead atoms. The number of anilines is 4. The van der Waals surface area contributed by atoms with Crippen molar-refractivity contribution < 1.29 is 0 Å². The Hall–Kier alpha value is -2.71. The third-order valence-electron chi connectivity index (χ3n) is 4.78. The molecule has 29 heavy (non-hydrogen) atoms. The van der Waals surface area contributed by atoms with Gasteiger partial charge in [-0.3, -0.25) is 0 Å². The quantitative estimate of drug-likeness (QED) is 0.613. The van der Waals surface area contributed by atoms with E-state index < -0.39 is 0 Å². The minimum absolute atomic E-state index is 0.305. The maximum absolute atomic E-state index is 6.24. The molecule has 0 saturated carbocycles. The second-order valence-corrected chi connectivity index (χ2v) is 8.10. The van der Waals surface area contributed by atoms with Crippen LogP contribution in [0.2, 0.25) is 5.02 Å². The highest BCUT2D eigenvalue weighted by Gasteiger charge is 2.21. The SMILES string of the molecule is Cc1nc(N2CCN(c3ccccc3N)CC2)[c]nc1Sc1ccnc(N)c1Cl. The molecule has 4 rings (SSSR count). The monoisotopic (exact) mass is 426 g/mol. The van der Waals surface area contributed by atoms with Crippen LogP contribution in [0, 0.1) is 13.1 Å². The Morgan fingerprint density at radius 1 is 1.07 bits per heavy atom. The van der Waals surface area contributed by atoms with Crippen LogP contribution in [0.5, 0.6) is 0 Å². The van der Waals surface area contributed by atoms with Crippen LogP contribution < -0.4 is 21.3 Å². The topological polar surface area (TPSA) is 97.2 Å². The highest BCUT2D eigenvalue weighted by atomic mass is 35.5. The lowest BCUT2D eigenvalue weighted by atomic mass is 10.2. The molecule has 0 atom stereocenters. The molecule has 9 heteroatoms. The van der Waals surface area contributed by atoms with Gasteiger partial charge >= 0.3 is 0 Å². The van der Waals surface area contributed by atoms with Gasteiger partial charge in [0.2, 0.25) is 0 Å². The number of hydrogen-bond donors (Lipinski definition) is 2. The number of aromatic nitrogens is 3. The van der Waals surface area contributed by atoms with E-state index in [0.717, 1.165) is 59.0 Å².